The number of ether oxygens (including phenoxy) is 1. The molecule has 0 bridgehead atoms. The van der Waals surface area contributed by atoms with Crippen LogP contribution in [0, 0.1) is 0 Å². The lowest BCUT2D eigenvalue weighted by Crippen LogP contribution is -2.26. The minimum atomic E-state index is -0.176. The van der Waals surface area contributed by atoms with Crippen LogP contribution in [0.5, 0.6) is 5.75 Å². The zero-order chi connectivity index (χ0) is 21.2. The molecule has 0 unspecified atom stereocenters. The predicted molar refractivity (Wildman–Crippen MR) is 120 cm³/mol. The summed E-state index contributed by atoms with van der Waals surface area (Å²) in [5.74, 6) is 0.652. The quantitative estimate of drug-likeness (QED) is 0.367. The average molecular weight is 425 g/mol. The molecule has 0 spiro atoms. The zero-order valence-corrected chi connectivity index (χ0v) is 17.5. The number of benzene rings is 2. The van der Waals surface area contributed by atoms with Gasteiger partial charge in [-0.05, 0) is 54.8 Å². The molecule has 0 aromatic heterocycles. The fourth-order valence-electron chi connectivity index (χ4n) is 2.83. The second-order valence-electron chi connectivity index (χ2n) is 6.64. The topological polar surface area (TPSA) is 92.2 Å². The van der Waals surface area contributed by atoms with Crippen molar-refractivity contribution < 1.29 is 14.3 Å². The fraction of sp³-hybridized carbons (Fsp3) is 0.273. The number of nitrogens with one attached hydrogen (secondary N) is 2. The van der Waals surface area contributed by atoms with Crippen LogP contribution in [0.4, 0.5) is 0 Å². The molecule has 1 heterocycles. The molecule has 2 aromatic carbocycles. The molecule has 1 aliphatic heterocycles. The summed E-state index contributed by atoms with van der Waals surface area (Å²) >= 11 is 1.39. The van der Waals surface area contributed by atoms with Gasteiger partial charge in [-0.25, -0.2) is 0 Å². The smallest absolute Gasteiger partial charge is 0.251 e. The standard InChI is InChI=1S/C22H24N4O3S/c1-29-18-12-10-16(11-13-18)15-24-26-22-25-21(28)19(30-22)9-5-6-14-23-20(27)17-7-3-2-4-8-17/h2-4,7-8,10-13,15,19H,5-6,9,14H2,1H3,(H,23,27)(H,25,26,28)/b24-15-/t19-/m1/s1. The maximum atomic E-state index is 12.1. The maximum Gasteiger partial charge on any atom is 0.251 e. The Morgan fingerprint density at radius 1 is 1.17 bits per heavy atom. The molecule has 1 fully saturated rings. The van der Waals surface area contributed by atoms with Crippen LogP contribution in [0.2, 0.25) is 0 Å². The number of unbranched alkanes of at least 4 members (excludes halogenated alkanes) is 1. The van der Waals surface area contributed by atoms with Crippen LogP contribution < -0.4 is 15.4 Å². The fourth-order valence-corrected chi connectivity index (χ4v) is 3.80. The predicted octanol–water partition coefficient (Wildman–Crippen LogP) is 3.22. The lowest BCUT2D eigenvalue weighted by molar-refractivity contribution is -0.118. The molecule has 3 rings (SSSR count). The molecule has 30 heavy (non-hydrogen) atoms. The van der Waals surface area contributed by atoms with Crippen molar-refractivity contribution in [3.05, 3.63) is 65.7 Å². The minimum Gasteiger partial charge on any atom is -0.497 e. The molecule has 0 radical (unpaired) electrons. The van der Waals surface area contributed by atoms with E-state index in [0.717, 1.165) is 30.6 Å². The first-order valence-corrected chi connectivity index (χ1v) is 10.6. The van der Waals surface area contributed by atoms with Crippen LogP contribution in [-0.4, -0.2) is 42.1 Å². The molecule has 156 valence electrons. The molecule has 8 heteroatoms. The summed E-state index contributed by atoms with van der Waals surface area (Å²) in [5.41, 5.74) is 1.54. The molecular formula is C22H24N4O3S. The summed E-state index contributed by atoms with van der Waals surface area (Å²) < 4.78 is 5.11. The number of carbonyl (C=O) groups excluding carboxylic acids is 2. The number of amides is 2. The molecule has 1 saturated heterocycles. The number of rotatable bonds is 9. The molecule has 1 atom stereocenters. The minimum absolute atomic E-state index is 0.0493. The number of thioether (sulfide) groups is 1. The molecule has 0 saturated carbocycles. The lowest BCUT2D eigenvalue weighted by atomic mass is 10.1. The monoisotopic (exact) mass is 424 g/mol. The van der Waals surface area contributed by atoms with Gasteiger partial charge in [0, 0.05) is 12.1 Å². The Balaban J connectivity index is 1.37. The van der Waals surface area contributed by atoms with Gasteiger partial charge in [0.05, 0.1) is 18.6 Å². The highest BCUT2D eigenvalue weighted by Gasteiger charge is 2.29. The Morgan fingerprint density at radius 3 is 2.67 bits per heavy atom. The van der Waals surface area contributed by atoms with Crippen LogP contribution >= 0.6 is 11.8 Å². The number of hydrogen-bond acceptors (Lipinski definition) is 6. The largest absolute Gasteiger partial charge is 0.497 e. The summed E-state index contributed by atoms with van der Waals surface area (Å²) in [7, 11) is 1.62. The average Bonchev–Trinajstić information content (AvgIpc) is 3.13. The van der Waals surface area contributed by atoms with Crippen LogP contribution in [0.15, 0.2) is 64.8 Å². The summed E-state index contributed by atoms with van der Waals surface area (Å²) in [5, 5.41) is 14.1. The number of nitrogens with zero attached hydrogens (tertiary/aromatic N) is 2. The normalized spacial score (nSPS) is 17.3. The van der Waals surface area contributed by atoms with E-state index in [1.165, 1.54) is 11.8 Å². The van der Waals surface area contributed by atoms with E-state index in [1.807, 2.05) is 42.5 Å². The molecule has 1 aliphatic rings. The number of carbonyl (C=O) groups is 2. The summed E-state index contributed by atoms with van der Waals surface area (Å²) in [6, 6.07) is 16.6. The SMILES string of the molecule is COc1ccc(/C=N\N=C2\NC(=O)[C@@H](CCCCNC(=O)c3ccccc3)S2)cc1. The van der Waals surface area contributed by atoms with Crippen molar-refractivity contribution >= 4 is 35.0 Å². The molecule has 0 aliphatic carbocycles. The van der Waals surface area contributed by atoms with Crippen molar-refractivity contribution in [1.82, 2.24) is 10.6 Å². The van der Waals surface area contributed by atoms with Crippen molar-refractivity contribution in [1.29, 1.82) is 0 Å². The third-order valence-corrected chi connectivity index (χ3v) is 5.60. The number of hydrogen-bond donors (Lipinski definition) is 2. The highest BCUT2D eigenvalue weighted by atomic mass is 32.2. The highest BCUT2D eigenvalue weighted by molar-refractivity contribution is 8.15. The summed E-state index contributed by atoms with van der Waals surface area (Å²) in [4.78, 5) is 24.1. The van der Waals surface area contributed by atoms with E-state index in [4.69, 9.17) is 4.74 Å². The molecule has 7 nitrogen and oxygen atoms in total. The Kier molecular flexibility index (Phi) is 8.02. The molecule has 2 N–H and O–H groups in total. The third-order valence-electron chi connectivity index (χ3n) is 4.46. The molecular weight excluding hydrogens is 400 g/mol. The maximum absolute atomic E-state index is 12.1. The van der Waals surface area contributed by atoms with Gasteiger partial charge >= 0.3 is 0 Å². The van der Waals surface area contributed by atoms with Crippen molar-refractivity contribution in [3.63, 3.8) is 0 Å². The van der Waals surface area contributed by atoms with Crippen LogP contribution in [0.1, 0.15) is 35.2 Å². The third kappa shape index (κ3) is 6.45. The summed E-state index contributed by atoms with van der Waals surface area (Å²) in [6.07, 6.45) is 3.99. The van der Waals surface area contributed by atoms with E-state index in [1.54, 1.807) is 25.5 Å². The van der Waals surface area contributed by atoms with E-state index in [9.17, 15) is 9.59 Å². The van der Waals surface area contributed by atoms with Crippen LogP contribution in [0.3, 0.4) is 0 Å². The summed E-state index contributed by atoms with van der Waals surface area (Å²) in [6.45, 7) is 0.583. The van der Waals surface area contributed by atoms with Gasteiger partial charge in [-0.15, -0.1) is 5.10 Å². The highest BCUT2D eigenvalue weighted by Crippen LogP contribution is 2.24. The number of methoxy groups -OCH3 is 1. The van der Waals surface area contributed by atoms with Crippen molar-refractivity contribution in [2.45, 2.75) is 24.5 Å². The van der Waals surface area contributed by atoms with Crippen LogP contribution in [-0.2, 0) is 4.79 Å². The van der Waals surface area contributed by atoms with Crippen LogP contribution in [0.25, 0.3) is 0 Å². The van der Waals surface area contributed by atoms with E-state index in [0.29, 0.717) is 17.3 Å². The first kappa shape index (κ1) is 21.6. The van der Waals surface area contributed by atoms with Gasteiger partial charge in [0.25, 0.3) is 5.91 Å². The van der Waals surface area contributed by atoms with Crippen molar-refractivity contribution in [2.75, 3.05) is 13.7 Å². The van der Waals surface area contributed by atoms with Gasteiger partial charge in [0.1, 0.15) is 5.75 Å². The van der Waals surface area contributed by atoms with Crippen molar-refractivity contribution in [3.8, 4) is 5.75 Å². The van der Waals surface area contributed by atoms with E-state index >= 15 is 0 Å². The van der Waals surface area contributed by atoms with Gasteiger partial charge in [0.15, 0.2) is 5.17 Å². The van der Waals surface area contributed by atoms with Gasteiger partial charge in [0.2, 0.25) is 5.91 Å². The lowest BCUT2D eigenvalue weighted by Gasteiger charge is -2.07. The van der Waals surface area contributed by atoms with Crippen molar-refractivity contribution in [2.24, 2.45) is 10.2 Å². The first-order chi connectivity index (χ1) is 14.7. The van der Waals surface area contributed by atoms with Gasteiger partial charge in [-0.3, -0.25) is 9.59 Å². The Morgan fingerprint density at radius 2 is 1.93 bits per heavy atom. The van der Waals surface area contributed by atoms with Gasteiger partial charge in [-0.2, -0.15) is 5.10 Å². The Hall–Kier alpha value is -3.13. The second kappa shape index (κ2) is 11.2. The van der Waals surface area contributed by atoms with Gasteiger partial charge < -0.3 is 15.4 Å². The number of amidine groups is 1. The Labute approximate surface area is 180 Å². The Bertz CT molecular complexity index is 914. The molecule has 2 amide bonds. The second-order valence-corrected chi connectivity index (χ2v) is 7.83. The first-order valence-electron chi connectivity index (χ1n) is 9.71. The van der Waals surface area contributed by atoms with E-state index < -0.39 is 0 Å². The van der Waals surface area contributed by atoms with E-state index in [-0.39, 0.29) is 17.1 Å². The zero-order valence-electron chi connectivity index (χ0n) is 16.7. The van der Waals surface area contributed by atoms with Gasteiger partial charge in [-0.1, -0.05) is 36.4 Å². The van der Waals surface area contributed by atoms with E-state index in [2.05, 4.69) is 20.8 Å². The molecule has 2 aromatic rings.